The molecule has 0 aliphatic rings. The molecule has 0 saturated heterocycles. The van der Waals surface area contributed by atoms with Gasteiger partial charge in [-0.25, -0.2) is 9.97 Å². The van der Waals surface area contributed by atoms with E-state index in [0.29, 0.717) is 50.8 Å². The summed E-state index contributed by atoms with van der Waals surface area (Å²) in [7, 11) is 4.61. The van der Waals surface area contributed by atoms with Gasteiger partial charge < -0.3 is 25.3 Å². The molecule has 2 aromatic heterocycles. The minimum Gasteiger partial charge on any atom is -0.493 e. The SMILES string of the molecule is COc1cc(-n2c(N)c(C(=O)Nc3cccc4ccccc34)c3nc4ccccc4nc32)cc(OC)c1OC. The second kappa shape index (κ2) is 9.53. The number of ether oxygens (including phenoxy) is 3. The maximum absolute atomic E-state index is 13.9. The van der Waals surface area contributed by atoms with Gasteiger partial charge in [-0.2, -0.15) is 0 Å². The third-order valence-corrected chi connectivity index (χ3v) is 6.67. The first-order chi connectivity index (χ1) is 19.0. The van der Waals surface area contributed by atoms with Crippen LogP contribution in [-0.2, 0) is 0 Å². The largest absolute Gasteiger partial charge is 0.493 e. The zero-order valence-electron chi connectivity index (χ0n) is 21.6. The van der Waals surface area contributed by atoms with Gasteiger partial charge in [0.1, 0.15) is 16.9 Å². The van der Waals surface area contributed by atoms with Crippen LogP contribution in [-0.4, -0.2) is 41.8 Å². The average Bonchev–Trinajstić information content (AvgIpc) is 3.25. The summed E-state index contributed by atoms with van der Waals surface area (Å²) in [5, 5.41) is 4.96. The van der Waals surface area contributed by atoms with Crippen molar-refractivity contribution in [2.24, 2.45) is 0 Å². The number of methoxy groups -OCH3 is 3. The van der Waals surface area contributed by atoms with Gasteiger partial charge in [-0.15, -0.1) is 0 Å². The van der Waals surface area contributed by atoms with E-state index in [1.165, 1.54) is 21.3 Å². The smallest absolute Gasteiger partial charge is 0.261 e. The van der Waals surface area contributed by atoms with Crippen LogP contribution in [0.3, 0.4) is 0 Å². The van der Waals surface area contributed by atoms with Gasteiger partial charge in [0.05, 0.1) is 38.1 Å². The minimum atomic E-state index is -0.398. The van der Waals surface area contributed by atoms with Gasteiger partial charge in [0, 0.05) is 23.2 Å². The number of carbonyl (C=O) groups is 1. The van der Waals surface area contributed by atoms with Crippen molar-refractivity contribution in [2.75, 3.05) is 32.4 Å². The molecule has 0 unspecified atom stereocenters. The van der Waals surface area contributed by atoms with E-state index in [-0.39, 0.29) is 11.4 Å². The normalized spacial score (nSPS) is 11.2. The number of aromatic nitrogens is 3. The lowest BCUT2D eigenvalue weighted by Crippen LogP contribution is -2.15. The summed E-state index contributed by atoms with van der Waals surface area (Å²) >= 11 is 0. The molecule has 9 nitrogen and oxygen atoms in total. The van der Waals surface area contributed by atoms with E-state index in [2.05, 4.69) is 5.32 Å². The highest BCUT2D eigenvalue weighted by Crippen LogP contribution is 2.41. The number of benzene rings is 4. The molecule has 39 heavy (non-hydrogen) atoms. The fourth-order valence-corrected chi connectivity index (χ4v) is 4.86. The summed E-state index contributed by atoms with van der Waals surface area (Å²) in [5.74, 6) is 1.08. The third kappa shape index (κ3) is 3.91. The average molecular weight is 520 g/mol. The number of nitrogens with one attached hydrogen (secondary N) is 1. The van der Waals surface area contributed by atoms with E-state index in [1.807, 2.05) is 66.7 Å². The highest BCUT2D eigenvalue weighted by molar-refractivity contribution is 6.18. The molecule has 9 heteroatoms. The number of hydrogen-bond acceptors (Lipinski definition) is 7. The van der Waals surface area contributed by atoms with Crippen molar-refractivity contribution in [2.45, 2.75) is 0 Å². The van der Waals surface area contributed by atoms with Crippen LogP contribution in [0.25, 0.3) is 38.7 Å². The molecule has 194 valence electrons. The number of anilines is 2. The van der Waals surface area contributed by atoms with E-state index in [1.54, 1.807) is 16.7 Å². The second-order valence-corrected chi connectivity index (χ2v) is 8.84. The lowest BCUT2D eigenvalue weighted by molar-refractivity contribution is 0.102. The predicted octanol–water partition coefficient (Wildman–Crippen LogP) is 5.59. The van der Waals surface area contributed by atoms with Crippen molar-refractivity contribution in [3.05, 3.63) is 84.4 Å². The topological polar surface area (TPSA) is 114 Å². The van der Waals surface area contributed by atoms with Gasteiger partial charge >= 0.3 is 0 Å². The van der Waals surface area contributed by atoms with E-state index < -0.39 is 5.91 Å². The summed E-state index contributed by atoms with van der Waals surface area (Å²) in [6.45, 7) is 0. The Labute approximate surface area is 223 Å². The Morgan fingerprint density at radius 2 is 1.46 bits per heavy atom. The Hall–Kier alpha value is -5.31. The van der Waals surface area contributed by atoms with Crippen molar-refractivity contribution in [1.82, 2.24) is 14.5 Å². The molecule has 3 N–H and O–H groups in total. The Morgan fingerprint density at radius 1 is 0.821 bits per heavy atom. The van der Waals surface area contributed by atoms with Gasteiger partial charge in [0.15, 0.2) is 17.1 Å². The van der Waals surface area contributed by atoms with E-state index in [9.17, 15) is 4.79 Å². The maximum Gasteiger partial charge on any atom is 0.261 e. The first-order valence-electron chi connectivity index (χ1n) is 12.2. The predicted molar refractivity (Wildman–Crippen MR) is 152 cm³/mol. The Bertz CT molecular complexity index is 1870. The van der Waals surface area contributed by atoms with Crippen molar-refractivity contribution in [3.63, 3.8) is 0 Å². The zero-order chi connectivity index (χ0) is 27.1. The molecule has 1 amide bonds. The Balaban J connectivity index is 1.60. The Kier molecular flexibility index (Phi) is 5.88. The van der Waals surface area contributed by atoms with Gasteiger partial charge in [-0.05, 0) is 23.6 Å². The van der Waals surface area contributed by atoms with Gasteiger partial charge in [0.2, 0.25) is 5.75 Å². The van der Waals surface area contributed by atoms with Crippen molar-refractivity contribution < 1.29 is 19.0 Å². The monoisotopic (exact) mass is 519 g/mol. The second-order valence-electron chi connectivity index (χ2n) is 8.84. The van der Waals surface area contributed by atoms with E-state index >= 15 is 0 Å². The molecular formula is C30H25N5O4. The zero-order valence-corrected chi connectivity index (χ0v) is 21.6. The first-order valence-corrected chi connectivity index (χ1v) is 12.2. The van der Waals surface area contributed by atoms with Crippen LogP contribution in [0.15, 0.2) is 78.9 Å². The van der Waals surface area contributed by atoms with Crippen molar-refractivity contribution >= 4 is 50.4 Å². The molecule has 4 aromatic carbocycles. The lowest BCUT2D eigenvalue weighted by atomic mass is 10.1. The number of nitrogens with zero attached hydrogens (tertiary/aromatic N) is 3. The van der Waals surface area contributed by atoms with Crippen LogP contribution in [0.2, 0.25) is 0 Å². The lowest BCUT2D eigenvalue weighted by Gasteiger charge is -2.16. The number of nitrogen functional groups attached to an aromatic ring is 1. The molecular weight excluding hydrogens is 494 g/mol. The van der Waals surface area contributed by atoms with Crippen molar-refractivity contribution in [1.29, 1.82) is 0 Å². The van der Waals surface area contributed by atoms with Gasteiger partial charge in [-0.3, -0.25) is 9.36 Å². The molecule has 6 rings (SSSR count). The molecule has 6 aromatic rings. The van der Waals surface area contributed by atoms with E-state index in [4.69, 9.17) is 29.9 Å². The van der Waals surface area contributed by atoms with Gasteiger partial charge in [0.25, 0.3) is 5.91 Å². The van der Waals surface area contributed by atoms with Crippen LogP contribution in [0.4, 0.5) is 11.5 Å². The minimum absolute atomic E-state index is 0.173. The number of amides is 1. The van der Waals surface area contributed by atoms with Crippen LogP contribution in [0.1, 0.15) is 10.4 Å². The third-order valence-electron chi connectivity index (χ3n) is 6.67. The summed E-state index contributed by atoms with van der Waals surface area (Å²) < 4.78 is 18.3. The number of hydrogen-bond donors (Lipinski definition) is 2. The first kappa shape index (κ1) is 24.1. The number of para-hydroxylation sites is 2. The summed E-state index contributed by atoms with van der Waals surface area (Å²) in [5.41, 5.74) is 10.3. The number of carbonyl (C=O) groups excluding carboxylic acids is 1. The summed E-state index contributed by atoms with van der Waals surface area (Å²) in [6.07, 6.45) is 0. The highest BCUT2D eigenvalue weighted by Gasteiger charge is 2.27. The molecule has 0 bridgehead atoms. The summed E-state index contributed by atoms with van der Waals surface area (Å²) in [4.78, 5) is 23.6. The molecule has 2 heterocycles. The molecule has 0 aliphatic heterocycles. The molecule has 0 fully saturated rings. The molecule has 0 saturated carbocycles. The van der Waals surface area contributed by atoms with Crippen LogP contribution in [0, 0.1) is 0 Å². The maximum atomic E-state index is 13.9. The number of fused-ring (bicyclic) bond motifs is 3. The fraction of sp³-hybridized carbons (Fsp3) is 0.100. The Morgan fingerprint density at radius 3 is 2.15 bits per heavy atom. The van der Waals surface area contributed by atoms with Crippen molar-refractivity contribution in [3.8, 4) is 22.9 Å². The fourth-order valence-electron chi connectivity index (χ4n) is 4.86. The van der Waals surface area contributed by atoms with Crippen LogP contribution in [0.5, 0.6) is 17.2 Å². The standard InChI is InChI=1S/C30H25N5O4/c1-37-23-15-18(16-24(38-2)27(23)39-3)35-28(31)25(26-29(35)33-22-13-7-6-12-21(22)32-26)30(36)34-20-14-8-10-17-9-4-5-11-19(17)20/h4-16H,31H2,1-3H3,(H,34,36). The number of rotatable bonds is 6. The van der Waals surface area contributed by atoms with Gasteiger partial charge in [-0.1, -0.05) is 48.5 Å². The molecule has 0 aliphatic carbocycles. The molecule has 0 radical (unpaired) electrons. The molecule has 0 spiro atoms. The van der Waals surface area contributed by atoms with E-state index in [0.717, 1.165) is 10.8 Å². The van der Waals surface area contributed by atoms with Crippen LogP contribution < -0.4 is 25.3 Å². The quantitative estimate of drug-likeness (QED) is 0.295. The molecule has 0 atom stereocenters. The highest BCUT2D eigenvalue weighted by atomic mass is 16.5. The number of nitrogens with two attached hydrogens (primary N) is 1. The summed E-state index contributed by atoms with van der Waals surface area (Å²) in [6, 6.07) is 24.6. The van der Waals surface area contributed by atoms with Crippen LogP contribution >= 0.6 is 0 Å².